The second-order valence-corrected chi connectivity index (χ2v) is 3.35. The third-order valence-corrected chi connectivity index (χ3v) is 2.14. The van der Waals surface area contributed by atoms with Crippen LogP contribution in [0.1, 0.15) is 17.2 Å². The van der Waals surface area contributed by atoms with E-state index in [1.54, 1.807) is 0 Å². The van der Waals surface area contributed by atoms with Gasteiger partial charge in [0.25, 0.3) is 0 Å². The molecule has 0 atom stereocenters. The van der Waals surface area contributed by atoms with Gasteiger partial charge in [-0.1, -0.05) is 30.3 Å². The Morgan fingerprint density at radius 2 is 1.80 bits per heavy atom. The molecule has 0 aliphatic carbocycles. The Kier molecular flexibility index (Phi) is 4.03. The van der Waals surface area contributed by atoms with E-state index in [9.17, 15) is 0 Å². The fraction of sp³-hybridized carbons (Fsp3) is 0.273. The highest BCUT2D eigenvalue weighted by Gasteiger charge is 2.01. The van der Waals surface area contributed by atoms with Gasteiger partial charge in [0.15, 0.2) is 0 Å². The van der Waals surface area contributed by atoms with E-state index in [2.05, 4.69) is 22.2 Å². The van der Waals surface area contributed by atoms with Crippen molar-refractivity contribution in [1.82, 2.24) is 14.8 Å². The van der Waals surface area contributed by atoms with Crippen molar-refractivity contribution in [2.45, 2.75) is 20.4 Å². The van der Waals surface area contributed by atoms with Crippen LogP contribution in [0, 0.1) is 13.8 Å². The molecule has 0 unspecified atom stereocenters. The van der Waals surface area contributed by atoms with Crippen LogP contribution in [0.15, 0.2) is 30.3 Å². The van der Waals surface area contributed by atoms with E-state index >= 15 is 0 Å². The van der Waals surface area contributed by atoms with Gasteiger partial charge < -0.3 is 0 Å². The molecule has 2 aromatic rings. The van der Waals surface area contributed by atoms with Gasteiger partial charge >= 0.3 is 0 Å². The van der Waals surface area contributed by atoms with Crippen LogP contribution in [0.5, 0.6) is 0 Å². The minimum absolute atomic E-state index is 0. The average Bonchev–Trinajstić information content (AvgIpc) is 2.47. The summed E-state index contributed by atoms with van der Waals surface area (Å²) < 4.78 is 1.92. The molecule has 0 saturated carbocycles. The molecule has 0 fully saturated rings. The Labute approximate surface area is 99.9 Å². The Morgan fingerprint density at radius 1 is 1.13 bits per heavy atom. The maximum Gasteiger partial charge on any atom is 0.147 e. The predicted octanol–water partition coefficient (Wildman–Crippen LogP) is 2.52. The molecule has 0 aliphatic heterocycles. The standard InChI is InChI=1S/C11H13N3.BrH/c1-9-12-10(2)14(13-9)8-11-6-4-3-5-7-11;/h3-7H,8H2,1-2H3;1H. The predicted molar refractivity (Wildman–Crippen MR) is 65.4 cm³/mol. The lowest BCUT2D eigenvalue weighted by molar-refractivity contribution is 0.656. The number of aryl methyl sites for hydroxylation is 2. The summed E-state index contributed by atoms with van der Waals surface area (Å²) in [6.07, 6.45) is 0. The van der Waals surface area contributed by atoms with Gasteiger partial charge in [0.05, 0.1) is 6.54 Å². The first-order valence-electron chi connectivity index (χ1n) is 4.67. The SMILES string of the molecule is Br.Cc1nc(C)n(Cc2ccccc2)n1. The van der Waals surface area contributed by atoms with Crippen LogP contribution in [0.25, 0.3) is 0 Å². The molecule has 0 amide bonds. The van der Waals surface area contributed by atoms with Crippen molar-refractivity contribution in [3.05, 3.63) is 47.5 Å². The normalized spacial score (nSPS) is 9.73. The Bertz CT molecular complexity index is 423. The third-order valence-electron chi connectivity index (χ3n) is 2.14. The number of hydrogen-bond donors (Lipinski definition) is 0. The second kappa shape index (κ2) is 5.07. The fourth-order valence-electron chi connectivity index (χ4n) is 1.47. The summed E-state index contributed by atoms with van der Waals surface area (Å²) in [5.41, 5.74) is 1.25. The molecule has 1 aromatic carbocycles. The monoisotopic (exact) mass is 267 g/mol. The van der Waals surface area contributed by atoms with Crippen molar-refractivity contribution in [3.63, 3.8) is 0 Å². The smallest absolute Gasteiger partial charge is 0.147 e. The van der Waals surface area contributed by atoms with Gasteiger partial charge in [-0.05, 0) is 19.4 Å². The van der Waals surface area contributed by atoms with Gasteiger partial charge in [-0.25, -0.2) is 9.67 Å². The van der Waals surface area contributed by atoms with Crippen molar-refractivity contribution in [3.8, 4) is 0 Å². The first kappa shape index (κ1) is 11.9. The number of halogens is 1. The van der Waals surface area contributed by atoms with Crippen LogP contribution in [-0.4, -0.2) is 14.8 Å². The summed E-state index contributed by atoms with van der Waals surface area (Å²) >= 11 is 0. The van der Waals surface area contributed by atoms with Gasteiger partial charge in [0, 0.05) is 0 Å². The second-order valence-electron chi connectivity index (χ2n) is 3.35. The number of aromatic nitrogens is 3. The summed E-state index contributed by atoms with van der Waals surface area (Å²) in [5.74, 6) is 1.80. The van der Waals surface area contributed by atoms with Gasteiger partial charge in [-0.15, -0.1) is 17.0 Å². The first-order chi connectivity index (χ1) is 6.75. The largest absolute Gasteiger partial charge is 0.246 e. The molecule has 1 aromatic heterocycles. The number of rotatable bonds is 2. The van der Waals surface area contributed by atoms with E-state index < -0.39 is 0 Å². The molecule has 0 aliphatic rings. The minimum atomic E-state index is 0. The summed E-state index contributed by atoms with van der Waals surface area (Å²) in [6, 6.07) is 10.3. The van der Waals surface area contributed by atoms with Crippen molar-refractivity contribution in [1.29, 1.82) is 0 Å². The number of benzene rings is 1. The van der Waals surface area contributed by atoms with Gasteiger partial charge in [-0.3, -0.25) is 0 Å². The number of nitrogens with zero attached hydrogens (tertiary/aromatic N) is 3. The highest BCUT2D eigenvalue weighted by Crippen LogP contribution is 2.03. The van der Waals surface area contributed by atoms with Crippen LogP contribution in [0.3, 0.4) is 0 Å². The van der Waals surface area contributed by atoms with E-state index in [1.165, 1.54) is 5.56 Å². The topological polar surface area (TPSA) is 30.7 Å². The average molecular weight is 268 g/mol. The molecule has 4 heteroatoms. The maximum absolute atomic E-state index is 4.31. The van der Waals surface area contributed by atoms with Crippen LogP contribution in [-0.2, 0) is 6.54 Å². The zero-order valence-corrected chi connectivity index (χ0v) is 10.6. The zero-order valence-electron chi connectivity index (χ0n) is 8.84. The molecule has 3 nitrogen and oxygen atoms in total. The highest BCUT2D eigenvalue weighted by atomic mass is 79.9. The van der Waals surface area contributed by atoms with E-state index in [1.807, 2.05) is 36.7 Å². The van der Waals surface area contributed by atoms with Gasteiger partial charge in [-0.2, -0.15) is 5.10 Å². The van der Waals surface area contributed by atoms with Crippen LogP contribution in [0.4, 0.5) is 0 Å². The molecule has 0 radical (unpaired) electrons. The molecule has 0 spiro atoms. The quantitative estimate of drug-likeness (QED) is 0.837. The van der Waals surface area contributed by atoms with E-state index in [0.29, 0.717) is 0 Å². The lowest BCUT2D eigenvalue weighted by atomic mass is 10.2. The van der Waals surface area contributed by atoms with Crippen LogP contribution >= 0.6 is 17.0 Å². The fourth-order valence-corrected chi connectivity index (χ4v) is 1.47. The third kappa shape index (κ3) is 2.89. The van der Waals surface area contributed by atoms with Gasteiger partial charge in [0.2, 0.25) is 0 Å². The Morgan fingerprint density at radius 3 is 2.33 bits per heavy atom. The molecule has 0 bridgehead atoms. The Hall–Kier alpha value is -1.16. The van der Waals surface area contributed by atoms with Gasteiger partial charge in [0.1, 0.15) is 11.6 Å². The van der Waals surface area contributed by atoms with Crippen LogP contribution in [0.2, 0.25) is 0 Å². The summed E-state index contributed by atoms with van der Waals surface area (Å²) in [5, 5.41) is 4.31. The molecular formula is C11H14BrN3. The molecule has 80 valence electrons. The lowest BCUT2D eigenvalue weighted by Gasteiger charge is -2.02. The molecule has 0 saturated heterocycles. The maximum atomic E-state index is 4.31. The van der Waals surface area contributed by atoms with Crippen LogP contribution < -0.4 is 0 Å². The van der Waals surface area contributed by atoms with Crippen molar-refractivity contribution in [2.24, 2.45) is 0 Å². The molecule has 15 heavy (non-hydrogen) atoms. The Balaban J connectivity index is 0.00000112. The van der Waals surface area contributed by atoms with E-state index in [-0.39, 0.29) is 17.0 Å². The first-order valence-corrected chi connectivity index (χ1v) is 4.67. The zero-order chi connectivity index (χ0) is 9.97. The van der Waals surface area contributed by atoms with Crippen molar-refractivity contribution in [2.75, 3.05) is 0 Å². The summed E-state index contributed by atoms with van der Waals surface area (Å²) in [7, 11) is 0. The molecular weight excluding hydrogens is 254 g/mol. The van der Waals surface area contributed by atoms with E-state index in [0.717, 1.165) is 18.2 Å². The molecule has 0 N–H and O–H groups in total. The van der Waals surface area contributed by atoms with E-state index in [4.69, 9.17) is 0 Å². The van der Waals surface area contributed by atoms with Crippen molar-refractivity contribution < 1.29 is 0 Å². The minimum Gasteiger partial charge on any atom is -0.246 e. The number of hydrogen-bond acceptors (Lipinski definition) is 2. The highest BCUT2D eigenvalue weighted by molar-refractivity contribution is 8.93. The van der Waals surface area contributed by atoms with Crippen molar-refractivity contribution >= 4 is 17.0 Å². The summed E-state index contributed by atoms with van der Waals surface area (Å²) in [4.78, 5) is 4.26. The molecule has 2 rings (SSSR count). The molecule has 1 heterocycles. The summed E-state index contributed by atoms with van der Waals surface area (Å²) in [6.45, 7) is 4.69. The lowest BCUT2D eigenvalue weighted by Crippen LogP contribution is -2.03.